The number of ether oxygens (including phenoxy) is 2. The van der Waals surface area contributed by atoms with Crippen LogP contribution in [0.4, 0.5) is 0 Å². The highest BCUT2D eigenvalue weighted by Crippen LogP contribution is 2.23. The van der Waals surface area contributed by atoms with Crippen molar-refractivity contribution in [3.8, 4) is 0 Å². The lowest BCUT2D eigenvalue weighted by Crippen LogP contribution is -2.60. The van der Waals surface area contributed by atoms with Gasteiger partial charge in [0.25, 0.3) is 0 Å². The fourth-order valence-corrected chi connectivity index (χ4v) is 4.26. The Kier molecular flexibility index (Phi) is 17.2. The van der Waals surface area contributed by atoms with Gasteiger partial charge in [0.2, 0.25) is 0 Å². The summed E-state index contributed by atoms with van der Waals surface area (Å²) in [4.78, 5) is 0. The van der Waals surface area contributed by atoms with E-state index in [2.05, 4.69) is 11.1 Å². The smallest absolute Gasteiger partial charge is 0.387 e. The van der Waals surface area contributed by atoms with Crippen molar-refractivity contribution in [1.82, 2.24) is 0 Å². The maximum atomic E-state index is 10.7. The van der Waals surface area contributed by atoms with Gasteiger partial charge in [0.1, 0.15) is 24.4 Å². The molecule has 1 aliphatic rings. The molecule has 12 heteroatoms. The lowest BCUT2D eigenvalue weighted by atomic mass is 9.99. The maximum absolute atomic E-state index is 10.7. The summed E-state index contributed by atoms with van der Waals surface area (Å²) in [6.45, 7) is 1.17. The normalized spacial score (nSPS) is 26.9. The zero-order chi connectivity index (χ0) is 27.0. The van der Waals surface area contributed by atoms with Gasteiger partial charge in [0.15, 0.2) is 6.29 Å². The first-order valence-corrected chi connectivity index (χ1v) is 14.5. The number of unbranched alkanes of at least 4 members (excludes halogenated alkanes) is 11. The van der Waals surface area contributed by atoms with Gasteiger partial charge in [0, 0.05) is 0 Å². The Morgan fingerprint density at radius 1 is 0.917 bits per heavy atom. The SMILES string of the molecule is CCCCCCCCCCCCCC=CC(O)C(N)COC1OC(COS(=O)(=O)O)C(O)C(O)C1O. The quantitative estimate of drug-likeness (QED) is 0.0745. The predicted molar refractivity (Wildman–Crippen MR) is 134 cm³/mol. The Morgan fingerprint density at radius 2 is 1.47 bits per heavy atom. The number of rotatable bonds is 20. The van der Waals surface area contributed by atoms with Crippen LogP contribution in [0.2, 0.25) is 0 Å². The molecular weight excluding hydrogens is 494 g/mol. The molecule has 0 aliphatic carbocycles. The Hall–Kier alpha value is -0.670. The van der Waals surface area contributed by atoms with Gasteiger partial charge in [0.05, 0.1) is 25.4 Å². The van der Waals surface area contributed by atoms with E-state index < -0.39 is 59.9 Å². The Labute approximate surface area is 215 Å². The van der Waals surface area contributed by atoms with Crippen LogP contribution in [-0.2, 0) is 24.1 Å². The maximum Gasteiger partial charge on any atom is 0.397 e. The van der Waals surface area contributed by atoms with E-state index in [4.69, 9.17) is 19.8 Å². The van der Waals surface area contributed by atoms with Crippen LogP contribution in [0.1, 0.15) is 84.0 Å². The molecule has 1 saturated heterocycles. The number of nitrogens with two attached hydrogens (primary N) is 1. The molecule has 214 valence electrons. The van der Waals surface area contributed by atoms with Gasteiger partial charge in [-0.25, -0.2) is 4.18 Å². The standard InChI is InChI=1S/C24H47NO10S/c1-2-3-4-5-6-7-8-9-10-11-12-13-14-15-19(26)18(25)16-33-24-23(29)22(28)21(27)20(35-24)17-34-36(30,31)32/h14-15,18-24,26-29H,2-13,16-17,25H2,1H3,(H,30,31,32). The molecule has 1 rings (SSSR count). The van der Waals surface area contributed by atoms with E-state index in [1.54, 1.807) is 6.08 Å². The average molecular weight is 542 g/mol. The van der Waals surface area contributed by atoms with E-state index in [1.165, 1.54) is 57.8 Å². The lowest BCUT2D eigenvalue weighted by Gasteiger charge is -2.40. The van der Waals surface area contributed by atoms with Crippen molar-refractivity contribution in [2.75, 3.05) is 13.2 Å². The minimum absolute atomic E-state index is 0.250. The van der Waals surface area contributed by atoms with Gasteiger partial charge in [-0.05, 0) is 12.8 Å². The summed E-state index contributed by atoms with van der Waals surface area (Å²) in [6.07, 6.45) is 9.25. The lowest BCUT2D eigenvalue weighted by molar-refractivity contribution is -0.301. The molecule has 7 atom stereocenters. The largest absolute Gasteiger partial charge is 0.397 e. The first-order valence-electron chi connectivity index (χ1n) is 13.1. The zero-order valence-electron chi connectivity index (χ0n) is 21.4. The predicted octanol–water partition coefficient (Wildman–Crippen LogP) is 1.58. The van der Waals surface area contributed by atoms with Crippen molar-refractivity contribution < 1.29 is 47.1 Å². The summed E-state index contributed by atoms with van der Waals surface area (Å²) in [6, 6.07) is -0.856. The first-order chi connectivity index (χ1) is 17.1. The second-order valence-electron chi connectivity index (χ2n) is 9.47. The third kappa shape index (κ3) is 14.3. The van der Waals surface area contributed by atoms with Crippen LogP contribution in [0.25, 0.3) is 0 Å². The molecule has 0 aromatic heterocycles. The van der Waals surface area contributed by atoms with Gasteiger partial charge < -0.3 is 35.6 Å². The van der Waals surface area contributed by atoms with Crippen LogP contribution >= 0.6 is 0 Å². The summed E-state index contributed by atoms with van der Waals surface area (Å²) in [7, 11) is -4.79. The van der Waals surface area contributed by atoms with Crippen LogP contribution in [0.15, 0.2) is 12.2 Å². The molecule has 7 N–H and O–H groups in total. The third-order valence-corrected chi connectivity index (χ3v) is 6.68. The molecule has 0 bridgehead atoms. The highest BCUT2D eigenvalue weighted by molar-refractivity contribution is 7.80. The molecule has 7 unspecified atom stereocenters. The molecule has 1 heterocycles. The molecule has 0 spiro atoms. The van der Waals surface area contributed by atoms with E-state index in [0.29, 0.717) is 0 Å². The van der Waals surface area contributed by atoms with Gasteiger partial charge in [-0.2, -0.15) is 8.42 Å². The van der Waals surface area contributed by atoms with E-state index >= 15 is 0 Å². The highest BCUT2D eigenvalue weighted by Gasteiger charge is 2.45. The molecule has 36 heavy (non-hydrogen) atoms. The average Bonchev–Trinajstić information content (AvgIpc) is 2.83. The van der Waals surface area contributed by atoms with E-state index in [9.17, 15) is 28.8 Å². The van der Waals surface area contributed by atoms with Crippen LogP contribution in [0.5, 0.6) is 0 Å². The van der Waals surface area contributed by atoms with Crippen molar-refractivity contribution in [2.45, 2.75) is 127 Å². The van der Waals surface area contributed by atoms with Crippen molar-refractivity contribution in [3.05, 3.63) is 12.2 Å². The number of hydrogen-bond acceptors (Lipinski definition) is 10. The van der Waals surface area contributed by atoms with E-state index in [1.807, 2.05) is 6.08 Å². The second-order valence-corrected chi connectivity index (χ2v) is 10.6. The molecule has 0 amide bonds. The Morgan fingerprint density at radius 3 is 2.03 bits per heavy atom. The van der Waals surface area contributed by atoms with Gasteiger partial charge in [-0.1, -0.05) is 83.3 Å². The first kappa shape index (κ1) is 33.4. The summed E-state index contributed by atoms with van der Waals surface area (Å²) in [5, 5.41) is 40.1. The minimum atomic E-state index is -4.79. The molecule has 0 aromatic carbocycles. The van der Waals surface area contributed by atoms with E-state index in [-0.39, 0.29) is 6.61 Å². The van der Waals surface area contributed by atoms with Crippen molar-refractivity contribution >= 4 is 10.4 Å². The molecular formula is C24H47NO10S. The molecule has 1 aliphatic heterocycles. The summed E-state index contributed by atoms with van der Waals surface area (Å²) in [5.41, 5.74) is 5.93. The minimum Gasteiger partial charge on any atom is -0.387 e. The monoisotopic (exact) mass is 541 g/mol. The van der Waals surface area contributed by atoms with Crippen molar-refractivity contribution in [1.29, 1.82) is 0 Å². The molecule has 11 nitrogen and oxygen atoms in total. The summed E-state index contributed by atoms with van der Waals surface area (Å²) in [5.74, 6) is 0. The topological polar surface area (TPSA) is 189 Å². The van der Waals surface area contributed by atoms with Crippen molar-refractivity contribution in [2.24, 2.45) is 5.73 Å². The Bertz CT molecular complexity index is 692. The highest BCUT2D eigenvalue weighted by atomic mass is 32.3. The van der Waals surface area contributed by atoms with Crippen LogP contribution in [0, 0.1) is 0 Å². The van der Waals surface area contributed by atoms with Crippen molar-refractivity contribution in [3.63, 3.8) is 0 Å². The number of aliphatic hydroxyl groups is 4. The fourth-order valence-electron chi connectivity index (χ4n) is 3.95. The van der Waals surface area contributed by atoms with Crippen LogP contribution < -0.4 is 5.73 Å². The number of allylic oxidation sites excluding steroid dienone is 1. The van der Waals surface area contributed by atoms with Gasteiger partial charge in [-0.3, -0.25) is 4.55 Å². The van der Waals surface area contributed by atoms with E-state index in [0.717, 1.165) is 19.3 Å². The van der Waals surface area contributed by atoms with Crippen LogP contribution in [-0.4, -0.2) is 89.5 Å². The molecule has 0 radical (unpaired) electrons. The molecule has 0 aromatic rings. The zero-order valence-corrected chi connectivity index (χ0v) is 22.2. The third-order valence-electron chi connectivity index (χ3n) is 6.25. The fraction of sp³-hybridized carbons (Fsp3) is 0.917. The number of aliphatic hydroxyl groups excluding tert-OH is 4. The Balaban J connectivity index is 2.23. The summed E-state index contributed by atoms with van der Waals surface area (Å²) < 4.78 is 44.9. The summed E-state index contributed by atoms with van der Waals surface area (Å²) >= 11 is 0. The van der Waals surface area contributed by atoms with Gasteiger partial charge >= 0.3 is 10.4 Å². The number of hydrogen-bond donors (Lipinski definition) is 6. The second kappa shape index (κ2) is 18.6. The van der Waals surface area contributed by atoms with Gasteiger partial charge in [-0.15, -0.1) is 0 Å². The molecule has 0 saturated carbocycles. The molecule has 1 fully saturated rings. The van der Waals surface area contributed by atoms with Crippen LogP contribution in [0.3, 0.4) is 0 Å².